The lowest BCUT2D eigenvalue weighted by Crippen LogP contribution is -2.40. The predicted molar refractivity (Wildman–Crippen MR) is 89.5 cm³/mol. The number of hydrogen-bond donors (Lipinski definition) is 0. The van der Waals surface area contributed by atoms with E-state index in [1.807, 2.05) is 29.2 Å². The van der Waals surface area contributed by atoms with Crippen LogP contribution >= 0.6 is 23.4 Å². The van der Waals surface area contributed by atoms with E-state index in [0.29, 0.717) is 37.7 Å². The summed E-state index contributed by atoms with van der Waals surface area (Å²) >= 11 is 7.68. The van der Waals surface area contributed by atoms with Crippen molar-refractivity contribution in [2.24, 2.45) is 0 Å². The Morgan fingerprint density at radius 2 is 2.14 bits per heavy atom. The smallest absolute Gasteiger partial charge is 0.223 e. The minimum Gasteiger partial charge on any atom is -0.378 e. The molecule has 0 atom stereocenters. The van der Waals surface area contributed by atoms with Gasteiger partial charge in [0, 0.05) is 46.8 Å². The first-order chi connectivity index (χ1) is 10.7. The molecule has 1 amide bonds. The molecule has 1 aromatic carbocycles. The lowest BCUT2D eigenvalue weighted by molar-refractivity contribution is -0.134. The Kier molecular flexibility index (Phi) is 5.18. The summed E-state index contributed by atoms with van der Waals surface area (Å²) in [6.07, 6.45) is 2.33. The van der Waals surface area contributed by atoms with E-state index in [1.54, 1.807) is 18.0 Å². The number of amides is 1. The highest BCUT2D eigenvalue weighted by Gasteiger charge is 2.16. The summed E-state index contributed by atoms with van der Waals surface area (Å²) in [5, 5.41) is 1.76. The molecule has 0 saturated carbocycles. The first-order valence-electron chi connectivity index (χ1n) is 7.26. The van der Waals surface area contributed by atoms with E-state index in [1.165, 1.54) is 0 Å². The molecule has 3 rings (SSSR count). The van der Waals surface area contributed by atoms with Gasteiger partial charge in [-0.25, -0.2) is 0 Å². The molecule has 0 radical (unpaired) electrons. The van der Waals surface area contributed by atoms with Crippen molar-refractivity contribution in [1.82, 2.24) is 9.88 Å². The van der Waals surface area contributed by atoms with Gasteiger partial charge in [-0.2, -0.15) is 0 Å². The maximum atomic E-state index is 12.1. The Hall–Kier alpha value is -1.30. The number of morpholine rings is 1. The molecule has 1 aliphatic rings. The Labute approximate surface area is 138 Å². The molecule has 1 aliphatic heterocycles. The SMILES string of the molecule is O=C(CCSc1ccnc2cc(Cl)ccc12)N1CCOCC1. The quantitative estimate of drug-likeness (QED) is 0.804. The predicted octanol–water partition coefficient (Wildman–Crippen LogP) is 3.23. The molecule has 1 saturated heterocycles. The highest BCUT2D eigenvalue weighted by Crippen LogP contribution is 2.28. The highest BCUT2D eigenvalue weighted by atomic mass is 35.5. The van der Waals surface area contributed by atoms with Crippen molar-refractivity contribution in [1.29, 1.82) is 0 Å². The van der Waals surface area contributed by atoms with Crippen molar-refractivity contribution in [3.63, 3.8) is 0 Å². The van der Waals surface area contributed by atoms with Crippen molar-refractivity contribution < 1.29 is 9.53 Å². The molecular weight excluding hydrogens is 320 g/mol. The van der Waals surface area contributed by atoms with Crippen molar-refractivity contribution in [3.8, 4) is 0 Å². The third kappa shape index (κ3) is 3.72. The van der Waals surface area contributed by atoms with Crippen LogP contribution in [0, 0.1) is 0 Å². The van der Waals surface area contributed by atoms with Crippen LogP contribution in [0.3, 0.4) is 0 Å². The number of benzene rings is 1. The van der Waals surface area contributed by atoms with Crippen LogP contribution in [0.25, 0.3) is 10.9 Å². The Morgan fingerprint density at radius 1 is 1.32 bits per heavy atom. The van der Waals surface area contributed by atoms with Gasteiger partial charge in [-0.3, -0.25) is 9.78 Å². The minimum atomic E-state index is 0.206. The van der Waals surface area contributed by atoms with Gasteiger partial charge >= 0.3 is 0 Å². The molecule has 1 fully saturated rings. The Bertz CT molecular complexity index is 674. The van der Waals surface area contributed by atoms with E-state index in [9.17, 15) is 4.79 Å². The second kappa shape index (κ2) is 7.31. The third-order valence-corrected chi connectivity index (χ3v) is 4.91. The van der Waals surface area contributed by atoms with Crippen LogP contribution in [-0.2, 0) is 9.53 Å². The molecule has 6 heteroatoms. The van der Waals surface area contributed by atoms with Crippen molar-refractivity contribution in [3.05, 3.63) is 35.5 Å². The van der Waals surface area contributed by atoms with Crippen molar-refractivity contribution in [2.75, 3.05) is 32.1 Å². The standard InChI is InChI=1S/C16H17ClN2O2S/c17-12-1-2-13-14(11-12)18-5-3-15(13)22-10-4-16(20)19-6-8-21-9-7-19/h1-3,5,11H,4,6-10H2. The second-order valence-electron chi connectivity index (χ2n) is 5.06. The highest BCUT2D eigenvalue weighted by molar-refractivity contribution is 7.99. The number of pyridine rings is 1. The van der Waals surface area contributed by atoms with Crippen LogP contribution in [-0.4, -0.2) is 47.8 Å². The first-order valence-corrected chi connectivity index (χ1v) is 8.63. The van der Waals surface area contributed by atoms with Gasteiger partial charge in [-0.1, -0.05) is 17.7 Å². The van der Waals surface area contributed by atoms with Gasteiger partial charge < -0.3 is 9.64 Å². The number of halogens is 1. The number of hydrogen-bond acceptors (Lipinski definition) is 4. The van der Waals surface area contributed by atoms with Crippen LogP contribution in [0.2, 0.25) is 5.02 Å². The monoisotopic (exact) mass is 336 g/mol. The van der Waals surface area contributed by atoms with Gasteiger partial charge in [-0.05, 0) is 18.2 Å². The number of nitrogens with zero attached hydrogens (tertiary/aromatic N) is 2. The number of aromatic nitrogens is 1. The zero-order chi connectivity index (χ0) is 15.4. The van der Waals surface area contributed by atoms with E-state index in [4.69, 9.17) is 16.3 Å². The van der Waals surface area contributed by atoms with Crippen LogP contribution in [0.4, 0.5) is 0 Å². The molecule has 4 nitrogen and oxygen atoms in total. The summed E-state index contributed by atoms with van der Waals surface area (Å²) in [6, 6.07) is 7.70. The number of rotatable bonds is 4. The lowest BCUT2D eigenvalue weighted by atomic mass is 10.2. The average Bonchev–Trinajstić information content (AvgIpc) is 2.55. The van der Waals surface area contributed by atoms with E-state index >= 15 is 0 Å². The van der Waals surface area contributed by atoms with Crippen LogP contribution in [0.5, 0.6) is 0 Å². The summed E-state index contributed by atoms with van der Waals surface area (Å²) in [5.74, 6) is 0.968. The Morgan fingerprint density at radius 3 is 2.95 bits per heavy atom. The van der Waals surface area contributed by atoms with Crippen molar-refractivity contribution >= 4 is 40.2 Å². The Balaban J connectivity index is 1.60. The molecular formula is C16H17ClN2O2S. The fourth-order valence-corrected chi connectivity index (χ4v) is 3.59. The number of ether oxygens (including phenoxy) is 1. The molecule has 0 unspecified atom stereocenters. The van der Waals surface area contributed by atoms with Gasteiger partial charge in [0.1, 0.15) is 0 Å². The summed E-state index contributed by atoms with van der Waals surface area (Å²) in [4.78, 5) is 19.5. The summed E-state index contributed by atoms with van der Waals surface area (Å²) in [6.45, 7) is 2.71. The fraction of sp³-hybridized carbons (Fsp3) is 0.375. The zero-order valence-electron chi connectivity index (χ0n) is 12.1. The van der Waals surface area contributed by atoms with Crippen LogP contribution in [0.1, 0.15) is 6.42 Å². The van der Waals surface area contributed by atoms with Gasteiger partial charge in [-0.15, -0.1) is 11.8 Å². The molecule has 116 valence electrons. The van der Waals surface area contributed by atoms with E-state index in [0.717, 1.165) is 21.6 Å². The van der Waals surface area contributed by atoms with Gasteiger partial charge in [0.2, 0.25) is 5.91 Å². The van der Waals surface area contributed by atoms with Gasteiger partial charge in [0.15, 0.2) is 0 Å². The average molecular weight is 337 g/mol. The van der Waals surface area contributed by atoms with Gasteiger partial charge in [0.05, 0.1) is 18.7 Å². The van der Waals surface area contributed by atoms with E-state index < -0.39 is 0 Å². The van der Waals surface area contributed by atoms with Gasteiger partial charge in [0.25, 0.3) is 0 Å². The number of carbonyl (C=O) groups excluding carboxylic acids is 1. The maximum Gasteiger partial charge on any atom is 0.223 e. The minimum absolute atomic E-state index is 0.206. The maximum absolute atomic E-state index is 12.1. The lowest BCUT2D eigenvalue weighted by Gasteiger charge is -2.26. The molecule has 0 aliphatic carbocycles. The molecule has 22 heavy (non-hydrogen) atoms. The normalized spacial score (nSPS) is 15.2. The molecule has 0 bridgehead atoms. The summed E-state index contributed by atoms with van der Waals surface area (Å²) in [7, 11) is 0. The zero-order valence-corrected chi connectivity index (χ0v) is 13.7. The summed E-state index contributed by atoms with van der Waals surface area (Å²) < 4.78 is 5.26. The third-order valence-electron chi connectivity index (χ3n) is 3.60. The van der Waals surface area contributed by atoms with Crippen molar-refractivity contribution in [2.45, 2.75) is 11.3 Å². The molecule has 2 aromatic rings. The summed E-state index contributed by atoms with van der Waals surface area (Å²) in [5.41, 5.74) is 0.886. The molecule has 0 N–H and O–H groups in total. The van der Waals surface area contributed by atoms with E-state index in [2.05, 4.69) is 4.98 Å². The molecule has 2 heterocycles. The van der Waals surface area contributed by atoms with Crippen LogP contribution in [0.15, 0.2) is 35.4 Å². The number of fused-ring (bicyclic) bond motifs is 1. The number of thioether (sulfide) groups is 1. The number of carbonyl (C=O) groups is 1. The molecule has 0 spiro atoms. The first kappa shape index (κ1) is 15.6. The second-order valence-corrected chi connectivity index (χ2v) is 6.64. The van der Waals surface area contributed by atoms with Crippen LogP contribution < -0.4 is 0 Å². The largest absolute Gasteiger partial charge is 0.378 e. The fourth-order valence-electron chi connectivity index (χ4n) is 2.44. The van der Waals surface area contributed by atoms with E-state index in [-0.39, 0.29) is 5.91 Å². The molecule has 1 aromatic heterocycles. The topological polar surface area (TPSA) is 42.4 Å².